The molecule has 1 aromatic carbocycles. The van der Waals surface area contributed by atoms with Crippen molar-refractivity contribution in [2.24, 2.45) is 0 Å². The van der Waals surface area contributed by atoms with Crippen LogP contribution in [0.3, 0.4) is 0 Å². The summed E-state index contributed by atoms with van der Waals surface area (Å²) in [5, 5.41) is 6.51. The minimum atomic E-state index is -4.49. The number of sulfonamides is 1. The number of aromatic nitrogens is 4. The van der Waals surface area contributed by atoms with Crippen LogP contribution < -0.4 is 10.0 Å². The van der Waals surface area contributed by atoms with E-state index in [1.807, 2.05) is 4.72 Å². The summed E-state index contributed by atoms with van der Waals surface area (Å²) in [6.07, 6.45) is 6.00. The van der Waals surface area contributed by atoms with Crippen molar-refractivity contribution in [3.05, 3.63) is 54.1 Å². The van der Waals surface area contributed by atoms with Crippen LogP contribution in [0.2, 0.25) is 0 Å². The average Bonchev–Trinajstić information content (AvgIpc) is 3.11. The molecule has 3 aromatic rings. The third-order valence-electron chi connectivity index (χ3n) is 3.76. The molecular weight excluding hydrogens is 394 g/mol. The molecule has 0 saturated heterocycles. The number of nitrogens with one attached hydrogen (secondary N) is 2. The molecule has 2 aromatic heterocycles. The topological polar surface area (TPSA) is 118 Å². The van der Waals surface area contributed by atoms with E-state index in [1.54, 1.807) is 12.4 Å². The van der Waals surface area contributed by atoms with E-state index < -0.39 is 39.0 Å². The Balaban J connectivity index is 1.45. The Kier molecular flexibility index (Phi) is 5.90. The van der Waals surface area contributed by atoms with Gasteiger partial charge < -0.3 is 5.32 Å². The number of carbonyl (C=O) groups is 1. The molecule has 0 saturated carbocycles. The summed E-state index contributed by atoms with van der Waals surface area (Å²) < 4.78 is 54.6. The quantitative estimate of drug-likeness (QED) is 0.520. The van der Waals surface area contributed by atoms with E-state index in [1.165, 1.54) is 10.8 Å². The first-order valence-electron chi connectivity index (χ1n) is 8.21. The Morgan fingerprint density at radius 2 is 1.93 bits per heavy atom. The number of fused-ring (bicyclic) bond motifs is 1. The number of carbonyl (C=O) groups excluding carboxylic acids is 1. The molecule has 0 aliphatic rings. The zero-order chi connectivity index (χ0) is 20.1. The standard InChI is InChI=1S/C16H16F2N6O3S/c17-12-4-1-5-13(18)15(12)28(26,27)23-8-14(25)19-6-2-3-11-7-20-16-21-10-22-24(16)9-11/h1,4-5,7,9-10,23H,2-3,6,8H2,(H,19,25). The molecule has 9 nitrogen and oxygen atoms in total. The Morgan fingerprint density at radius 3 is 2.68 bits per heavy atom. The van der Waals surface area contributed by atoms with Crippen LogP contribution in [0.5, 0.6) is 0 Å². The van der Waals surface area contributed by atoms with Crippen LogP contribution in [-0.2, 0) is 21.2 Å². The first kappa shape index (κ1) is 19.8. The Bertz CT molecular complexity index is 1080. The maximum atomic E-state index is 13.6. The molecule has 0 aliphatic heterocycles. The fraction of sp³-hybridized carbons (Fsp3) is 0.250. The summed E-state index contributed by atoms with van der Waals surface area (Å²) in [6.45, 7) is -0.355. The monoisotopic (exact) mass is 410 g/mol. The number of aryl methyl sites for hydroxylation is 1. The van der Waals surface area contributed by atoms with Gasteiger partial charge in [-0.3, -0.25) is 4.79 Å². The molecule has 1 amide bonds. The molecule has 0 spiro atoms. The lowest BCUT2D eigenvalue weighted by Gasteiger charge is -2.09. The van der Waals surface area contributed by atoms with E-state index in [4.69, 9.17) is 0 Å². The number of halogens is 2. The van der Waals surface area contributed by atoms with Gasteiger partial charge in [-0.15, -0.1) is 0 Å². The van der Waals surface area contributed by atoms with Crippen LogP contribution in [0.4, 0.5) is 8.78 Å². The van der Waals surface area contributed by atoms with Crippen molar-refractivity contribution in [2.75, 3.05) is 13.1 Å². The van der Waals surface area contributed by atoms with E-state index in [0.29, 0.717) is 18.6 Å². The molecule has 2 heterocycles. The second-order valence-corrected chi connectivity index (χ2v) is 7.50. The van der Waals surface area contributed by atoms with Crippen LogP contribution in [0.15, 0.2) is 41.8 Å². The molecule has 148 valence electrons. The van der Waals surface area contributed by atoms with Gasteiger partial charge in [0.05, 0.1) is 6.54 Å². The molecule has 12 heteroatoms. The predicted octanol–water partition coefficient (Wildman–Crippen LogP) is 0.430. The van der Waals surface area contributed by atoms with Gasteiger partial charge in [-0.25, -0.2) is 31.4 Å². The lowest BCUT2D eigenvalue weighted by Crippen LogP contribution is -2.37. The zero-order valence-electron chi connectivity index (χ0n) is 14.5. The number of hydrogen-bond acceptors (Lipinski definition) is 6. The minimum Gasteiger partial charge on any atom is -0.355 e. The van der Waals surface area contributed by atoms with E-state index in [-0.39, 0.29) is 6.54 Å². The first-order valence-corrected chi connectivity index (χ1v) is 9.70. The fourth-order valence-electron chi connectivity index (χ4n) is 2.44. The molecule has 2 N–H and O–H groups in total. The van der Waals surface area contributed by atoms with Crippen LogP contribution >= 0.6 is 0 Å². The molecule has 0 bridgehead atoms. The largest absolute Gasteiger partial charge is 0.355 e. The third kappa shape index (κ3) is 4.64. The molecular formula is C16H16F2N6O3S. The first-order chi connectivity index (χ1) is 13.4. The van der Waals surface area contributed by atoms with Gasteiger partial charge >= 0.3 is 0 Å². The number of amides is 1. The molecule has 3 rings (SSSR count). The maximum absolute atomic E-state index is 13.6. The lowest BCUT2D eigenvalue weighted by molar-refractivity contribution is -0.119. The van der Waals surface area contributed by atoms with Gasteiger partial charge in [0.25, 0.3) is 5.78 Å². The third-order valence-corrected chi connectivity index (χ3v) is 5.21. The summed E-state index contributed by atoms with van der Waals surface area (Å²) in [5.74, 6) is -2.60. The van der Waals surface area contributed by atoms with Gasteiger partial charge in [0.15, 0.2) is 4.90 Å². The predicted molar refractivity (Wildman–Crippen MR) is 93.7 cm³/mol. The van der Waals surface area contributed by atoms with Crippen LogP contribution in [0.25, 0.3) is 5.78 Å². The van der Waals surface area contributed by atoms with Gasteiger partial charge in [0, 0.05) is 18.9 Å². The van der Waals surface area contributed by atoms with E-state index in [9.17, 15) is 22.0 Å². The summed E-state index contributed by atoms with van der Waals surface area (Å²) in [4.78, 5) is 18.7. The number of nitrogens with zero attached hydrogens (tertiary/aromatic N) is 4. The summed E-state index contributed by atoms with van der Waals surface area (Å²) in [6, 6.07) is 2.69. The van der Waals surface area contributed by atoms with Crippen LogP contribution in [-0.4, -0.2) is 47.0 Å². The number of rotatable bonds is 8. The van der Waals surface area contributed by atoms with E-state index in [2.05, 4.69) is 20.4 Å². The van der Waals surface area contributed by atoms with E-state index >= 15 is 0 Å². The maximum Gasteiger partial charge on any atom is 0.252 e. The van der Waals surface area contributed by atoms with Gasteiger partial charge in [-0.1, -0.05) is 6.07 Å². The van der Waals surface area contributed by atoms with Crippen molar-refractivity contribution in [1.82, 2.24) is 29.6 Å². The summed E-state index contributed by atoms with van der Waals surface area (Å²) >= 11 is 0. The number of hydrogen-bond donors (Lipinski definition) is 2. The fourth-order valence-corrected chi connectivity index (χ4v) is 3.56. The van der Waals surface area contributed by atoms with Crippen molar-refractivity contribution in [2.45, 2.75) is 17.7 Å². The molecule has 0 unspecified atom stereocenters. The molecule has 0 fully saturated rings. The summed E-state index contributed by atoms with van der Waals surface area (Å²) in [7, 11) is -4.49. The van der Waals surface area contributed by atoms with Gasteiger partial charge in [0.2, 0.25) is 15.9 Å². The smallest absolute Gasteiger partial charge is 0.252 e. The Hall–Kier alpha value is -2.99. The second kappa shape index (κ2) is 8.35. The van der Waals surface area contributed by atoms with Crippen molar-refractivity contribution in [3.8, 4) is 0 Å². The SMILES string of the molecule is O=C(CNS(=O)(=O)c1c(F)cccc1F)NCCCc1cnc2ncnn2c1. The van der Waals surface area contributed by atoms with Gasteiger partial charge in [-0.05, 0) is 30.5 Å². The van der Waals surface area contributed by atoms with Crippen LogP contribution in [0.1, 0.15) is 12.0 Å². The Labute approximate surface area is 158 Å². The molecule has 28 heavy (non-hydrogen) atoms. The second-order valence-electron chi connectivity index (χ2n) is 5.80. The van der Waals surface area contributed by atoms with Crippen molar-refractivity contribution >= 4 is 21.7 Å². The lowest BCUT2D eigenvalue weighted by atomic mass is 10.2. The van der Waals surface area contributed by atoms with Gasteiger partial charge in [0.1, 0.15) is 18.0 Å². The minimum absolute atomic E-state index is 0.282. The highest BCUT2D eigenvalue weighted by molar-refractivity contribution is 7.89. The van der Waals surface area contributed by atoms with E-state index in [0.717, 1.165) is 23.8 Å². The highest BCUT2D eigenvalue weighted by Gasteiger charge is 2.24. The molecule has 0 atom stereocenters. The van der Waals surface area contributed by atoms with Gasteiger partial charge in [-0.2, -0.15) is 10.1 Å². The van der Waals surface area contributed by atoms with Crippen molar-refractivity contribution < 1.29 is 22.0 Å². The highest BCUT2D eigenvalue weighted by atomic mass is 32.2. The number of benzene rings is 1. The van der Waals surface area contributed by atoms with Crippen molar-refractivity contribution in [3.63, 3.8) is 0 Å². The van der Waals surface area contributed by atoms with Crippen LogP contribution in [0, 0.1) is 11.6 Å². The molecule has 0 radical (unpaired) electrons. The molecule has 0 aliphatic carbocycles. The average molecular weight is 410 g/mol. The summed E-state index contributed by atoms with van der Waals surface area (Å²) in [5.41, 5.74) is 0.892. The Morgan fingerprint density at radius 1 is 1.18 bits per heavy atom. The normalized spacial score (nSPS) is 11.6. The highest BCUT2D eigenvalue weighted by Crippen LogP contribution is 2.17. The zero-order valence-corrected chi connectivity index (χ0v) is 15.3. The van der Waals surface area contributed by atoms with Crippen molar-refractivity contribution in [1.29, 1.82) is 0 Å².